The number of nitrogens with zero attached hydrogens (tertiary/aromatic N) is 2. The minimum absolute atomic E-state index is 0.0211. The van der Waals surface area contributed by atoms with Crippen LogP contribution in [0.3, 0.4) is 0 Å². The number of hydrogen-bond acceptors (Lipinski definition) is 4. The zero-order valence-electron chi connectivity index (χ0n) is 15.8. The summed E-state index contributed by atoms with van der Waals surface area (Å²) in [5.41, 5.74) is 2.61. The molecule has 6 heteroatoms. The Labute approximate surface area is 155 Å². The van der Waals surface area contributed by atoms with Gasteiger partial charge in [0.15, 0.2) is 5.96 Å². The lowest BCUT2D eigenvalue weighted by atomic mass is 9.97. The van der Waals surface area contributed by atoms with Gasteiger partial charge in [-0.15, -0.1) is 0 Å². The molecule has 0 saturated carbocycles. The Balaban J connectivity index is 1.55. The molecule has 0 unspecified atom stereocenters. The zero-order chi connectivity index (χ0) is 18.4. The number of ether oxygens (including phenoxy) is 2. The van der Waals surface area contributed by atoms with Crippen LogP contribution in [0.1, 0.15) is 30.9 Å². The summed E-state index contributed by atoms with van der Waals surface area (Å²) in [6, 6.07) is 6.45. The van der Waals surface area contributed by atoms with Gasteiger partial charge in [0.05, 0.1) is 19.6 Å². The van der Waals surface area contributed by atoms with E-state index in [1.54, 1.807) is 0 Å². The highest BCUT2D eigenvalue weighted by Crippen LogP contribution is 2.26. The maximum absolute atomic E-state index is 11.7. The van der Waals surface area contributed by atoms with Crippen LogP contribution in [0.5, 0.6) is 5.75 Å². The molecule has 1 fully saturated rings. The molecule has 3 rings (SSSR count). The summed E-state index contributed by atoms with van der Waals surface area (Å²) in [6.45, 7) is 6.13. The van der Waals surface area contributed by atoms with E-state index in [2.05, 4.69) is 35.3 Å². The number of esters is 1. The predicted octanol–water partition coefficient (Wildman–Crippen LogP) is 2.01. The molecule has 0 amide bonds. The Morgan fingerprint density at radius 3 is 2.92 bits per heavy atom. The average Bonchev–Trinajstić information content (AvgIpc) is 3.15. The van der Waals surface area contributed by atoms with Gasteiger partial charge >= 0.3 is 5.97 Å². The fraction of sp³-hybridized carbons (Fsp3) is 0.600. The van der Waals surface area contributed by atoms with Crippen molar-refractivity contribution in [2.45, 2.75) is 32.6 Å². The van der Waals surface area contributed by atoms with Crippen LogP contribution in [0, 0.1) is 5.92 Å². The number of guanidine groups is 1. The molecule has 0 aromatic heterocycles. The number of benzene rings is 1. The second-order valence-corrected chi connectivity index (χ2v) is 6.81. The Kier molecular flexibility index (Phi) is 6.36. The summed E-state index contributed by atoms with van der Waals surface area (Å²) < 4.78 is 10.4. The van der Waals surface area contributed by atoms with Gasteiger partial charge in [-0.3, -0.25) is 9.79 Å². The highest BCUT2D eigenvalue weighted by atomic mass is 16.5. The minimum Gasteiger partial charge on any atom is -0.493 e. The van der Waals surface area contributed by atoms with Crippen LogP contribution in [-0.4, -0.2) is 56.7 Å². The van der Waals surface area contributed by atoms with Crippen LogP contribution in [0.4, 0.5) is 0 Å². The number of piperidine rings is 1. The monoisotopic (exact) mass is 359 g/mol. The van der Waals surface area contributed by atoms with Crippen molar-refractivity contribution in [1.29, 1.82) is 0 Å². The maximum atomic E-state index is 11.7. The number of carbonyl (C=O) groups excluding carboxylic acids is 1. The summed E-state index contributed by atoms with van der Waals surface area (Å²) in [6.07, 6.45) is 3.56. The number of fused-ring (bicyclic) bond motifs is 1. The number of likely N-dealkylation sites (tertiary alicyclic amines) is 1. The average molecular weight is 359 g/mol. The second kappa shape index (κ2) is 8.92. The van der Waals surface area contributed by atoms with E-state index in [0.717, 1.165) is 70.2 Å². The number of nitrogens with one attached hydrogen (secondary N) is 1. The van der Waals surface area contributed by atoms with Crippen molar-refractivity contribution in [3.8, 4) is 5.75 Å². The predicted molar refractivity (Wildman–Crippen MR) is 102 cm³/mol. The quantitative estimate of drug-likeness (QED) is 0.495. The molecular formula is C20H29N3O3. The first-order chi connectivity index (χ1) is 12.7. The zero-order valence-corrected chi connectivity index (χ0v) is 15.8. The highest BCUT2D eigenvalue weighted by Gasteiger charge is 2.26. The second-order valence-electron chi connectivity index (χ2n) is 6.81. The van der Waals surface area contributed by atoms with E-state index in [4.69, 9.17) is 14.5 Å². The summed E-state index contributed by atoms with van der Waals surface area (Å²) >= 11 is 0. The molecule has 1 aromatic carbocycles. The van der Waals surface area contributed by atoms with Gasteiger partial charge < -0.3 is 19.7 Å². The van der Waals surface area contributed by atoms with Gasteiger partial charge in [0.25, 0.3) is 0 Å². The third-order valence-corrected chi connectivity index (χ3v) is 5.08. The number of rotatable bonds is 5. The van der Waals surface area contributed by atoms with Gasteiger partial charge in [0.2, 0.25) is 0 Å². The molecule has 0 aliphatic carbocycles. The van der Waals surface area contributed by atoms with E-state index in [9.17, 15) is 4.79 Å². The summed E-state index contributed by atoms with van der Waals surface area (Å²) in [5.74, 6) is 1.90. The van der Waals surface area contributed by atoms with E-state index in [1.807, 2.05) is 0 Å². The van der Waals surface area contributed by atoms with Crippen molar-refractivity contribution in [3.63, 3.8) is 0 Å². The van der Waals surface area contributed by atoms with Crippen LogP contribution in [-0.2, 0) is 22.4 Å². The molecule has 6 nitrogen and oxygen atoms in total. The first-order valence-electron chi connectivity index (χ1n) is 9.57. The third-order valence-electron chi connectivity index (χ3n) is 5.08. The molecule has 2 aliphatic heterocycles. The Morgan fingerprint density at radius 2 is 2.19 bits per heavy atom. The number of aliphatic imine (C=N–C) groups is 1. The fourth-order valence-corrected chi connectivity index (χ4v) is 3.61. The number of hydrogen-bond donors (Lipinski definition) is 1. The Hall–Kier alpha value is -2.24. The molecule has 0 atom stereocenters. The van der Waals surface area contributed by atoms with Crippen molar-refractivity contribution in [3.05, 3.63) is 29.3 Å². The minimum atomic E-state index is -0.0906. The van der Waals surface area contributed by atoms with Gasteiger partial charge in [0, 0.05) is 32.6 Å². The summed E-state index contributed by atoms with van der Waals surface area (Å²) in [5, 5.41) is 3.38. The SMILES string of the molecule is CCNC(=NCCc1ccc2c(c1)CCO2)N1CCC(C(=O)OC)CC1. The fourth-order valence-electron chi connectivity index (χ4n) is 3.61. The van der Waals surface area contributed by atoms with E-state index < -0.39 is 0 Å². The molecule has 1 N–H and O–H groups in total. The molecule has 1 saturated heterocycles. The molecule has 1 aromatic rings. The standard InChI is InChI=1S/C20H29N3O3/c1-3-21-20(23-11-7-16(8-12-23)19(24)25-2)22-10-6-15-4-5-18-17(14-15)9-13-26-18/h4-5,14,16H,3,6-13H2,1-2H3,(H,21,22). The van der Waals surface area contributed by atoms with Crippen LogP contribution >= 0.6 is 0 Å². The van der Waals surface area contributed by atoms with Gasteiger partial charge in [0.1, 0.15) is 5.75 Å². The highest BCUT2D eigenvalue weighted by molar-refractivity contribution is 5.80. The van der Waals surface area contributed by atoms with Gasteiger partial charge in [-0.2, -0.15) is 0 Å². The van der Waals surface area contributed by atoms with Crippen molar-refractivity contribution >= 4 is 11.9 Å². The van der Waals surface area contributed by atoms with Crippen molar-refractivity contribution in [2.75, 3.05) is 39.9 Å². The van der Waals surface area contributed by atoms with E-state index in [0.29, 0.717) is 0 Å². The summed E-state index contributed by atoms with van der Waals surface area (Å²) in [4.78, 5) is 18.7. The molecule has 0 bridgehead atoms. The normalized spacial score (nSPS) is 17.6. The lowest BCUT2D eigenvalue weighted by molar-refractivity contribution is -0.146. The molecule has 26 heavy (non-hydrogen) atoms. The molecule has 0 spiro atoms. The van der Waals surface area contributed by atoms with E-state index >= 15 is 0 Å². The van der Waals surface area contributed by atoms with Gasteiger partial charge in [-0.1, -0.05) is 12.1 Å². The molecule has 2 heterocycles. The Morgan fingerprint density at radius 1 is 1.38 bits per heavy atom. The van der Waals surface area contributed by atoms with Gasteiger partial charge in [-0.05, 0) is 43.4 Å². The van der Waals surface area contributed by atoms with Gasteiger partial charge in [-0.25, -0.2) is 0 Å². The molecule has 142 valence electrons. The van der Waals surface area contributed by atoms with Crippen molar-refractivity contribution < 1.29 is 14.3 Å². The Bertz CT molecular complexity index is 652. The number of carbonyl (C=O) groups is 1. The third kappa shape index (κ3) is 4.48. The van der Waals surface area contributed by atoms with E-state index in [1.165, 1.54) is 18.2 Å². The summed E-state index contributed by atoms with van der Waals surface area (Å²) in [7, 11) is 1.46. The molecule has 0 radical (unpaired) electrons. The lowest BCUT2D eigenvalue weighted by Gasteiger charge is -2.33. The number of methoxy groups -OCH3 is 1. The first-order valence-corrected chi connectivity index (χ1v) is 9.57. The molecular weight excluding hydrogens is 330 g/mol. The maximum Gasteiger partial charge on any atom is 0.308 e. The van der Waals surface area contributed by atoms with E-state index in [-0.39, 0.29) is 11.9 Å². The lowest BCUT2D eigenvalue weighted by Crippen LogP contribution is -2.46. The van der Waals surface area contributed by atoms with Crippen molar-refractivity contribution in [1.82, 2.24) is 10.2 Å². The van der Waals surface area contributed by atoms with Crippen LogP contribution in [0.25, 0.3) is 0 Å². The smallest absolute Gasteiger partial charge is 0.308 e. The van der Waals surface area contributed by atoms with Crippen molar-refractivity contribution in [2.24, 2.45) is 10.9 Å². The molecule has 2 aliphatic rings. The van der Waals surface area contributed by atoms with Crippen LogP contribution < -0.4 is 10.1 Å². The first kappa shape index (κ1) is 18.5. The van der Waals surface area contributed by atoms with Crippen LogP contribution in [0.2, 0.25) is 0 Å². The van der Waals surface area contributed by atoms with Crippen LogP contribution in [0.15, 0.2) is 23.2 Å². The topological polar surface area (TPSA) is 63.2 Å². The largest absolute Gasteiger partial charge is 0.493 e.